The Hall–Kier alpha value is -0.110. The summed E-state index contributed by atoms with van der Waals surface area (Å²) in [6, 6.07) is 0.316. The van der Waals surface area contributed by atoms with Gasteiger partial charge in [0.1, 0.15) is 6.17 Å². The van der Waals surface area contributed by atoms with Gasteiger partial charge in [0.05, 0.1) is 0 Å². The van der Waals surface area contributed by atoms with E-state index in [1.807, 2.05) is 0 Å². The number of hydrogen-bond acceptors (Lipinski definition) is 1. The largest absolute Gasteiger partial charge is 0.328 e. The molecule has 2 N–H and O–H groups in total. The maximum atomic E-state index is 12.3. The predicted molar refractivity (Wildman–Crippen MR) is 29.2 cm³/mol. The highest BCUT2D eigenvalue weighted by Gasteiger charge is 2.61. The summed E-state index contributed by atoms with van der Waals surface area (Å²) >= 11 is 0. The van der Waals surface area contributed by atoms with E-state index < -0.39 is 6.17 Å². The molecule has 2 aliphatic rings. The van der Waals surface area contributed by atoms with E-state index in [4.69, 9.17) is 5.73 Å². The highest BCUT2D eigenvalue weighted by Crippen LogP contribution is 2.61. The second kappa shape index (κ2) is 1.08. The molecule has 0 heterocycles. The Balaban J connectivity index is 1.96. The lowest BCUT2D eigenvalue weighted by atomic mass is 9.77. The molecule has 2 aliphatic carbocycles. The molecule has 1 unspecified atom stereocenters. The van der Waals surface area contributed by atoms with Crippen LogP contribution in [-0.4, -0.2) is 12.2 Å². The Labute approximate surface area is 48.1 Å². The van der Waals surface area contributed by atoms with Gasteiger partial charge in [0, 0.05) is 11.5 Å². The molecule has 0 bridgehead atoms. The number of nitrogens with two attached hydrogens (primary N) is 1. The molecule has 2 saturated carbocycles. The van der Waals surface area contributed by atoms with Crippen molar-refractivity contribution in [2.75, 3.05) is 0 Å². The Morgan fingerprint density at radius 1 is 1.38 bits per heavy atom. The van der Waals surface area contributed by atoms with Crippen molar-refractivity contribution < 1.29 is 4.39 Å². The molecule has 0 aromatic carbocycles. The van der Waals surface area contributed by atoms with Crippen LogP contribution in [0.25, 0.3) is 0 Å². The molecule has 46 valence electrons. The summed E-state index contributed by atoms with van der Waals surface area (Å²) in [6.07, 6.45) is 2.17. The molecule has 8 heavy (non-hydrogen) atoms. The lowest BCUT2D eigenvalue weighted by Gasteiger charge is -2.32. The fraction of sp³-hybridized carbons (Fsp3) is 1.00. The molecule has 1 spiro atoms. The van der Waals surface area contributed by atoms with E-state index in [-0.39, 0.29) is 5.41 Å². The average Bonchev–Trinajstić information content (AvgIpc) is 2.13. The number of rotatable bonds is 0. The standard InChI is InChI=1S/C6H10FN/c7-5-3-6(5)1-4(8)2-6/h4-5H,1-3,8H2. The Morgan fingerprint density at radius 3 is 2.00 bits per heavy atom. The third-order valence-corrected chi connectivity index (χ3v) is 2.43. The van der Waals surface area contributed by atoms with Crippen LogP contribution in [0.5, 0.6) is 0 Å². The van der Waals surface area contributed by atoms with Crippen molar-refractivity contribution in [3.8, 4) is 0 Å². The molecule has 2 heteroatoms. The van der Waals surface area contributed by atoms with E-state index in [0.717, 1.165) is 19.3 Å². The quantitative estimate of drug-likeness (QED) is 0.497. The summed E-state index contributed by atoms with van der Waals surface area (Å²) in [6.45, 7) is 0. The monoisotopic (exact) mass is 115 g/mol. The first-order valence-electron chi connectivity index (χ1n) is 3.13. The second-order valence-corrected chi connectivity index (χ2v) is 3.20. The summed E-state index contributed by atoms with van der Waals surface area (Å²) in [5, 5.41) is 0. The van der Waals surface area contributed by atoms with E-state index in [1.165, 1.54) is 0 Å². The van der Waals surface area contributed by atoms with Gasteiger partial charge < -0.3 is 5.73 Å². The fourth-order valence-electron chi connectivity index (χ4n) is 1.70. The number of hydrogen-bond donors (Lipinski definition) is 1. The van der Waals surface area contributed by atoms with Gasteiger partial charge in [-0.1, -0.05) is 0 Å². The third-order valence-electron chi connectivity index (χ3n) is 2.43. The molecular formula is C6H10FN. The van der Waals surface area contributed by atoms with Gasteiger partial charge in [-0.25, -0.2) is 4.39 Å². The Kier molecular flexibility index (Phi) is 0.639. The van der Waals surface area contributed by atoms with Crippen LogP contribution in [0.15, 0.2) is 0 Å². The van der Waals surface area contributed by atoms with Gasteiger partial charge in [-0.2, -0.15) is 0 Å². The maximum Gasteiger partial charge on any atom is 0.107 e. The summed E-state index contributed by atoms with van der Waals surface area (Å²) in [5.41, 5.74) is 5.60. The summed E-state index contributed by atoms with van der Waals surface area (Å²) < 4.78 is 12.3. The lowest BCUT2D eigenvalue weighted by molar-refractivity contribution is 0.192. The van der Waals surface area contributed by atoms with Gasteiger partial charge in [0.2, 0.25) is 0 Å². The molecule has 2 rings (SSSR count). The van der Waals surface area contributed by atoms with Crippen LogP contribution in [-0.2, 0) is 0 Å². The van der Waals surface area contributed by atoms with Gasteiger partial charge in [-0.3, -0.25) is 0 Å². The third kappa shape index (κ3) is 0.395. The van der Waals surface area contributed by atoms with Crippen LogP contribution in [0.2, 0.25) is 0 Å². The molecule has 0 saturated heterocycles. The van der Waals surface area contributed by atoms with Crippen molar-refractivity contribution in [3.63, 3.8) is 0 Å². The summed E-state index contributed by atoms with van der Waals surface area (Å²) in [7, 11) is 0. The first kappa shape index (κ1) is 4.74. The highest BCUT2D eigenvalue weighted by atomic mass is 19.1. The van der Waals surface area contributed by atoms with E-state index in [2.05, 4.69) is 0 Å². The minimum Gasteiger partial charge on any atom is -0.328 e. The van der Waals surface area contributed by atoms with Crippen molar-refractivity contribution in [2.24, 2.45) is 11.1 Å². The van der Waals surface area contributed by atoms with Gasteiger partial charge in [-0.15, -0.1) is 0 Å². The highest BCUT2D eigenvalue weighted by molar-refractivity contribution is 5.12. The van der Waals surface area contributed by atoms with Crippen LogP contribution in [0.4, 0.5) is 4.39 Å². The van der Waals surface area contributed by atoms with Crippen LogP contribution in [0.1, 0.15) is 19.3 Å². The van der Waals surface area contributed by atoms with Crippen molar-refractivity contribution in [1.29, 1.82) is 0 Å². The first-order valence-corrected chi connectivity index (χ1v) is 3.13. The minimum absolute atomic E-state index is 0.111. The molecule has 1 nitrogen and oxygen atoms in total. The second-order valence-electron chi connectivity index (χ2n) is 3.20. The molecule has 1 atom stereocenters. The number of halogens is 1. The smallest absolute Gasteiger partial charge is 0.107 e. The number of alkyl halides is 1. The van der Waals surface area contributed by atoms with E-state index in [1.54, 1.807) is 0 Å². The first-order chi connectivity index (χ1) is 3.73. The molecule has 0 amide bonds. The van der Waals surface area contributed by atoms with Gasteiger partial charge in [0.15, 0.2) is 0 Å². The van der Waals surface area contributed by atoms with Crippen molar-refractivity contribution >= 4 is 0 Å². The summed E-state index contributed by atoms with van der Waals surface area (Å²) in [4.78, 5) is 0. The molecule has 0 aliphatic heterocycles. The van der Waals surface area contributed by atoms with E-state index in [0.29, 0.717) is 6.04 Å². The zero-order valence-corrected chi connectivity index (χ0v) is 4.73. The average molecular weight is 115 g/mol. The maximum absolute atomic E-state index is 12.3. The minimum atomic E-state index is -0.498. The molecule has 2 fully saturated rings. The van der Waals surface area contributed by atoms with Crippen LogP contribution in [0, 0.1) is 5.41 Å². The van der Waals surface area contributed by atoms with Gasteiger partial charge in [-0.05, 0) is 19.3 Å². The molecule has 0 radical (unpaired) electrons. The van der Waals surface area contributed by atoms with Gasteiger partial charge in [0.25, 0.3) is 0 Å². The zero-order valence-electron chi connectivity index (χ0n) is 4.73. The van der Waals surface area contributed by atoms with Crippen LogP contribution < -0.4 is 5.73 Å². The fourth-order valence-corrected chi connectivity index (χ4v) is 1.70. The van der Waals surface area contributed by atoms with Crippen molar-refractivity contribution in [1.82, 2.24) is 0 Å². The summed E-state index contributed by atoms with van der Waals surface area (Å²) in [5.74, 6) is 0. The Morgan fingerprint density at radius 2 is 1.88 bits per heavy atom. The lowest BCUT2D eigenvalue weighted by Crippen LogP contribution is -2.39. The topological polar surface area (TPSA) is 26.0 Å². The molecular weight excluding hydrogens is 105 g/mol. The van der Waals surface area contributed by atoms with Gasteiger partial charge >= 0.3 is 0 Å². The van der Waals surface area contributed by atoms with Crippen LogP contribution in [0.3, 0.4) is 0 Å². The predicted octanol–water partition coefficient (Wildman–Crippen LogP) is 0.836. The van der Waals surface area contributed by atoms with Crippen molar-refractivity contribution in [3.05, 3.63) is 0 Å². The molecule has 0 aromatic heterocycles. The zero-order chi connectivity index (χ0) is 5.78. The van der Waals surface area contributed by atoms with E-state index >= 15 is 0 Å². The normalized spacial score (nSPS) is 60.8. The molecule has 0 aromatic rings. The van der Waals surface area contributed by atoms with Crippen molar-refractivity contribution in [2.45, 2.75) is 31.5 Å². The SMILES string of the molecule is NC1CC2(C1)CC2F. The van der Waals surface area contributed by atoms with E-state index in [9.17, 15) is 4.39 Å². The Bertz CT molecular complexity index is 118. The van der Waals surface area contributed by atoms with Crippen LogP contribution >= 0.6 is 0 Å².